The van der Waals surface area contributed by atoms with Crippen LogP contribution in [0.15, 0.2) is 10.4 Å². The highest BCUT2D eigenvalue weighted by Crippen LogP contribution is 2.23. The molecule has 0 atom stereocenters. The van der Waals surface area contributed by atoms with Crippen molar-refractivity contribution in [2.45, 2.75) is 46.7 Å². The van der Waals surface area contributed by atoms with E-state index in [-0.39, 0.29) is 0 Å². The molecule has 2 N–H and O–H groups in total. The molecule has 120 valence electrons. The van der Waals surface area contributed by atoms with Gasteiger partial charge in [0.2, 0.25) is 0 Å². The van der Waals surface area contributed by atoms with E-state index in [9.17, 15) is 0 Å². The molecule has 2 aromatic heterocycles. The third-order valence-corrected chi connectivity index (χ3v) is 5.08. The average molecular weight is 338 g/mol. The van der Waals surface area contributed by atoms with Crippen LogP contribution in [0.2, 0.25) is 0 Å². The van der Waals surface area contributed by atoms with Crippen molar-refractivity contribution in [1.82, 2.24) is 20.6 Å². The Bertz CT molecular complexity index is 642. The summed E-state index contributed by atoms with van der Waals surface area (Å²) in [5.41, 5.74) is 2.26. The predicted molar refractivity (Wildman–Crippen MR) is 94.8 cm³/mol. The van der Waals surface area contributed by atoms with E-state index < -0.39 is 0 Å². The van der Waals surface area contributed by atoms with E-state index in [1.54, 1.807) is 29.7 Å². The Hall–Kier alpha value is -1.47. The maximum absolute atomic E-state index is 4.70. The minimum atomic E-state index is 0.468. The van der Waals surface area contributed by atoms with Crippen molar-refractivity contribution in [1.29, 1.82) is 0 Å². The molecule has 5 nitrogen and oxygen atoms in total. The molecule has 0 aliphatic carbocycles. The number of nitrogens with one attached hydrogen (secondary N) is 2. The van der Waals surface area contributed by atoms with Crippen LogP contribution in [-0.4, -0.2) is 23.0 Å². The highest BCUT2D eigenvalue weighted by molar-refractivity contribution is 7.11. The molecule has 0 spiro atoms. The van der Waals surface area contributed by atoms with Gasteiger partial charge in [0.15, 0.2) is 5.96 Å². The van der Waals surface area contributed by atoms with Crippen LogP contribution in [-0.2, 0) is 13.1 Å². The summed E-state index contributed by atoms with van der Waals surface area (Å²) in [7, 11) is 1.77. The van der Waals surface area contributed by atoms with Gasteiger partial charge in [-0.1, -0.05) is 13.8 Å². The molecule has 0 saturated heterocycles. The quantitative estimate of drug-likeness (QED) is 0.650. The number of rotatable bonds is 5. The van der Waals surface area contributed by atoms with Crippen LogP contribution in [0.5, 0.6) is 0 Å². The van der Waals surface area contributed by atoms with Crippen LogP contribution in [0.4, 0.5) is 0 Å². The fraction of sp³-hybridized carbons (Fsp3) is 0.533. The zero-order valence-electron chi connectivity index (χ0n) is 13.7. The van der Waals surface area contributed by atoms with Gasteiger partial charge >= 0.3 is 0 Å². The number of guanidine groups is 1. The molecular weight excluding hydrogens is 314 g/mol. The van der Waals surface area contributed by atoms with Crippen LogP contribution in [0.1, 0.15) is 46.0 Å². The fourth-order valence-corrected chi connectivity index (χ4v) is 3.84. The van der Waals surface area contributed by atoms with Gasteiger partial charge in [-0.15, -0.1) is 22.7 Å². The molecule has 0 aliphatic heterocycles. The lowest BCUT2D eigenvalue weighted by atomic mass is 10.1. The second-order valence-electron chi connectivity index (χ2n) is 5.37. The van der Waals surface area contributed by atoms with E-state index in [2.05, 4.69) is 46.8 Å². The summed E-state index contributed by atoms with van der Waals surface area (Å²) in [6.07, 6.45) is 0. The number of aliphatic imine (C=N–C) groups is 1. The van der Waals surface area contributed by atoms with Gasteiger partial charge in [0.25, 0.3) is 0 Å². The van der Waals surface area contributed by atoms with Gasteiger partial charge in [-0.25, -0.2) is 9.97 Å². The Morgan fingerprint density at radius 2 is 1.86 bits per heavy atom. The van der Waals surface area contributed by atoms with Gasteiger partial charge in [0, 0.05) is 23.0 Å². The number of hydrogen-bond donors (Lipinski definition) is 2. The normalized spacial score (nSPS) is 12.0. The molecule has 0 aromatic carbocycles. The number of hydrogen-bond acceptors (Lipinski definition) is 5. The maximum atomic E-state index is 4.70. The number of thiazole rings is 2. The summed E-state index contributed by atoms with van der Waals surface area (Å²) in [5, 5.41) is 10.8. The van der Waals surface area contributed by atoms with Gasteiger partial charge in [-0.2, -0.15) is 0 Å². The zero-order chi connectivity index (χ0) is 16.1. The average Bonchev–Trinajstić information content (AvgIpc) is 3.05. The van der Waals surface area contributed by atoms with E-state index in [1.165, 1.54) is 10.6 Å². The van der Waals surface area contributed by atoms with Crippen molar-refractivity contribution in [2.75, 3.05) is 7.05 Å². The van der Waals surface area contributed by atoms with Crippen LogP contribution in [0.25, 0.3) is 0 Å². The zero-order valence-corrected chi connectivity index (χ0v) is 15.4. The number of aryl methyl sites for hydroxylation is 2. The van der Waals surface area contributed by atoms with Gasteiger partial charge in [-0.05, 0) is 19.8 Å². The highest BCUT2D eigenvalue weighted by Gasteiger charge is 2.11. The third kappa shape index (κ3) is 4.51. The first-order valence-corrected chi connectivity index (χ1v) is 9.01. The summed E-state index contributed by atoms with van der Waals surface area (Å²) < 4.78 is 0. The standard InChI is InChI=1S/C15H23N5S2/c1-9(2)14-11(4)22-13(20-14)7-18-15(16-5)17-6-12-19-10(3)8-21-12/h8-9H,6-7H2,1-5H3,(H2,16,17,18). The van der Waals surface area contributed by atoms with Crippen molar-refractivity contribution in [3.8, 4) is 0 Å². The Balaban J connectivity index is 1.87. The van der Waals surface area contributed by atoms with Crippen molar-refractivity contribution in [2.24, 2.45) is 4.99 Å². The van der Waals surface area contributed by atoms with Crippen molar-refractivity contribution in [3.05, 3.63) is 31.7 Å². The lowest BCUT2D eigenvalue weighted by molar-refractivity contribution is 0.780. The van der Waals surface area contributed by atoms with E-state index in [4.69, 9.17) is 4.98 Å². The fourth-order valence-electron chi connectivity index (χ4n) is 2.10. The van der Waals surface area contributed by atoms with E-state index in [1.807, 2.05) is 6.92 Å². The second kappa shape index (κ2) is 7.69. The molecule has 0 aliphatic rings. The summed E-state index contributed by atoms with van der Waals surface area (Å²) in [4.78, 5) is 14.7. The molecule has 22 heavy (non-hydrogen) atoms. The first-order valence-electron chi connectivity index (χ1n) is 7.31. The smallest absolute Gasteiger partial charge is 0.191 e. The molecule has 0 unspecified atom stereocenters. The van der Waals surface area contributed by atoms with Crippen LogP contribution >= 0.6 is 22.7 Å². The van der Waals surface area contributed by atoms with Crippen LogP contribution in [0.3, 0.4) is 0 Å². The molecule has 2 heterocycles. The lowest BCUT2D eigenvalue weighted by Gasteiger charge is -2.09. The Kier molecular flexibility index (Phi) is 5.90. The first-order chi connectivity index (χ1) is 10.5. The van der Waals surface area contributed by atoms with E-state index >= 15 is 0 Å². The molecule has 0 amide bonds. The first kappa shape index (κ1) is 16.9. The molecule has 2 rings (SSSR count). The SMILES string of the molecule is CN=C(NCc1nc(C)cs1)NCc1nc(C(C)C)c(C)s1. The Morgan fingerprint density at radius 3 is 2.36 bits per heavy atom. The topological polar surface area (TPSA) is 62.2 Å². The van der Waals surface area contributed by atoms with Crippen LogP contribution < -0.4 is 10.6 Å². The Labute approximate surface area is 139 Å². The minimum Gasteiger partial charge on any atom is -0.350 e. The van der Waals surface area contributed by atoms with Crippen molar-refractivity contribution < 1.29 is 0 Å². The lowest BCUT2D eigenvalue weighted by Crippen LogP contribution is -2.36. The molecular formula is C15H23N5S2. The van der Waals surface area contributed by atoms with Crippen molar-refractivity contribution >= 4 is 28.6 Å². The number of aromatic nitrogens is 2. The molecule has 0 bridgehead atoms. The molecule has 0 fully saturated rings. The van der Waals surface area contributed by atoms with Gasteiger partial charge < -0.3 is 10.6 Å². The van der Waals surface area contributed by atoms with E-state index in [0.717, 1.165) is 21.7 Å². The number of nitrogens with zero attached hydrogens (tertiary/aromatic N) is 3. The van der Waals surface area contributed by atoms with Crippen molar-refractivity contribution in [3.63, 3.8) is 0 Å². The molecule has 0 saturated carbocycles. The summed E-state index contributed by atoms with van der Waals surface area (Å²) >= 11 is 3.40. The van der Waals surface area contributed by atoms with E-state index in [0.29, 0.717) is 19.0 Å². The van der Waals surface area contributed by atoms with Crippen LogP contribution in [0, 0.1) is 13.8 Å². The Morgan fingerprint density at radius 1 is 1.18 bits per heavy atom. The molecule has 7 heteroatoms. The second-order valence-corrected chi connectivity index (χ2v) is 7.60. The maximum Gasteiger partial charge on any atom is 0.191 e. The highest BCUT2D eigenvalue weighted by atomic mass is 32.1. The minimum absolute atomic E-state index is 0.468. The van der Waals surface area contributed by atoms with Gasteiger partial charge in [0.1, 0.15) is 10.0 Å². The summed E-state index contributed by atoms with van der Waals surface area (Å²) in [5.74, 6) is 1.24. The summed E-state index contributed by atoms with van der Waals surface area (Å²) in [6.45, 7) is 9.87. The molecule has 0 radical (unpaired) electrons. The largest absolute Gasteiger partial charge is 0.350 e. The summed E-state index contributed by atoms with van der Waals surface area (Å²) in [6, 6.07) is 0. The third-order valence-electron chi connectivity index (χ3n) is 3.13. The predicted octanol–water partition coefficient (Wildman–Crippen LogP) is 3.21. The van der Waals surface area contributed by atoms with Gasteiger partial charge in [-0.3, -0.25) is 4.99 Å². The monoisotopic (exact) mass is 337 g/mol. The molecule has 2 aromatic rings. The van der Waals surface area contributed by atoms with Gasteiger partial charge in [0.05, 0.1) is 18.8 Å².